The Bertz CT molecular complexity index is 543. The lowest BCUT2D eigenvalue weighted by molar-refractivity contribution is 0.0744. The van der Waals surface area contributed by atoms with Crippen LogP contribution in [0.25, 0.3) is 0 Å². The van der Waals surface area contributed by atoms with Crippen LogP contribution < -0.4 is 0 Å². The molecule has 0 saturated carbocycles. The zero-order chi connectivity index (χ0) is 13.1. The number of nitrogens with zero attached hydrogens (tertiary/aromatic N) is 3. The summed E-state index contributed by atoms with van der Waals surface area (Å²) in [6.45, 7) is 1.93. The molecule has 1 atom stereocenters. The molecule has 0 unspecified atom stereocenters. The van der Waals surface area contributed by atoms with Gasteiger partial charge < -0.3 is 4.90 Å². The van der Waals surface area contributed by atoms with Crippen molar-refractivity contribution in [2.24, 2.45) is 0 Å². The standard InChI is InChI=1S/C12H12ClN3OS/c1-8(9-5-6-14-7-15-9)16(2)12(17)10-3-4-11(13)18-10/h3-8H,1-2H3/t8-/m1/s1. The molecular formula is C12H12ClN3OS. The molecule has 0 saturated heterocycles. The number of hydrogen-bond donors (Lipinski definition) is 0. The zero-order valence-electron chi connectivity index (χ0n) is 10.0. The number of hydrogen-bond acceptors (Lipinski definition) is 4. The fourth-order valence-electron chi connectivity index (χ4n) is 1.53. The third-order valence-corrected chi connectivity index (χ3v) is 3.94. The molecule has 0 aliphatic heterocycles. The quantitative estimate of drug-likeness (QED) is 0.869. The molecule has 6 heteroatoms. The van der Waals surface area contributed by atoms with Crippen LogP contribution in [0.4, 0.5) is 0 Å². The van der Waals surface area contributed by atoms with Gasteiger partial charge in [-0.15, -0.1) is 11.3 Å². The van der Waals surface area contributed by atoms with Crippen molar-refractivity contribution in [3.63, 3.8) is 0 Å². The highest BCUT2D eigenvalue weighted by Crippen LogP contribution is 2.25. The summed E-state index contributed by atoms with van der Waals surface area (Å²) in [6, 6.07) is 5.15. The molecule has 0 aliphatic rings. The van der Waals surface area contributed by atoms with Gasteiger partial charge in [-0.2, -0.15) is 0 Å². The Kier molecular flexibility index (Phi) is 3.93. The van der Waals surface area contributed by atoms with Gasteiger partial charge in [0.2, 0.25) is 0 Å². The molecule has 2 rings (SSSR count). The molecule has 0 fully saturated rings. The zero-order valence-corrected chi connectivity index (χ0v) is 11.6. The second-order valence-corrected chi connectivity index (χ2v) is 5.55. The highest BCUT2D eigenvalue weighted by molar-refractivity contribution is 7.17. The largest absolute Gasteiger partial charge is 0.333 e. The van der Waals surface area contributed by atoms with E-state index in [1.807, 2.05) is 6.92 Å². The van der Waals surface area contributed by atoms with E-state index in [4.69, 9.17) is 11.6 Å². The third-order valence-electron chi connectivity index (χ3n) is 2.72. The van der Waals surface area contributed by atoms with Gasteiger partial charge in [0, 0.05) is 13.2 Å². The molecule has 18 heavy (non-hydrogen) atoms. The van der Waals surface area contributed by atoms with E-state index in [0.29, 0.717) is 9.21 Å². The third kappa shape index (κ3) is 2.68. The van der Waals surface area contributed by atoms with Gasteiger partial charge in [0.1, 0.15) is 6.33 Å². The van der Waals surface area contributed by atoms with Crippen LogP contribution in [0.5, 0.6) is 0 Å². The smallest absolute Gasteiger partial charge is 0.264 e. The molecule has 94 valence electrons. The van der Waals surface area contributed by atoms with Crippen molar-refractivity contribution in [2.75, 3.05) is 7.05 Å². The SMILES string of the molecule is C[C@H](c1ccncn1)N(C)C(=O)c1ccc(Cl)s1. The van der Waals surface area contributed by atoms with Gasteiger partial charge in [0.05, 0.1) is 20.9 Å². The molecule has 0 radical (unpaired) electrons. The summed E-state index contributed by atoms with van der Waals surface area (Å²) in [6.07, 6.45) is 3.14. The van der Waals surface area contributed by atoms with Crippen LogP contribution in [0, 0.1) is 0 Å². The molecule has 2 aromatic heterocycles. The number of carbonyl (C=O) groups excluding carboxylic acids is 1. The predicted octanol–water partition coefficient (Wildman–Crippen LogP) is 3.02. The molecular weight excluding hydrogens is 270 g/mol. The van der Waals surface area contributed by atoms with Gasteiger partial charge >= 0.3 is 0 Å². The van der Waals surface area contributed by atoms with Crippen LogP contribution in [0.15, 0.2) is 30.7 Å². The average Bonchev–Trinajstić information content (AvgIpc) is 2.84. The van der Waals surface area contributed by atoms with Crippen molar-refractivity contribution in [1.82, 2.24) is 14.9 Å². The Hall–Kier alpha value is -1.46. The first-order valence-corrected chi connectivity index (χ1v) is 6.57. The topological polar surface area (TPSA) is 46.1 Å². The highest BCUT2D eigenvalue weighted by Gasteiger charge is 2.20. The molecule has 2 aromatic rings. The van der Waals surface area contributed by atoms with Gasteiger partial charge in [-0.05, 0) is 25.1 Å². The normalized spacial score (nSPS) is 12.2. The minimum absolute atomic E-state index is 0.0574. The van der Waals surface area contributed by atoms with Crippen molar-refractivity contribution in [3.05, 3.63) is 45.6 Å². The van der Waals surface area contributed by atoms with E-state index in [1.54, 1.807) is 36.3 Å². The highest BCUT2D eigenvalue weighted by atomic mass is 35.5. The van der Waals surface area contributed by atoms with Crippen LogP contribution in [-0.2, 0) is 0 Å². The summed E-state index contributed by atoms with van der Waals surface area (Å²) in [5, 5.41) is 0. The second kappa shape index (κ2) is 5.46. The second-order valence-electron chi connectivity index (χ2n) is 3.83. The number of amides is 1. The summed E-state index contributed by atoms with van der Waals surface area (Å²) in [5.74, 6) is -0.0574. The Morgan fingerprint density at radius 2 is 2.22 bits per heavy atom. The molecule has 0 N–H and O–H groups in total. The molecule has 0 aliphatic carbocycles. The van der Waals surface area contributed by atoms with E-state index in [9.17, 15) is 4.79 Å². The Morgan fingerprint density at radius 1 is 1.44 bits per heavy atom. The number of halogens is 1. The Balaban J connectivity index is 2.16. The fraction of sp³-hybridized carbons (Fsp3) is 0.250. The van der Waals surface area contributed by atoms with Crippen LogP contribution in [0.2, 0.25) is 4.34 Å². The molecule has 0 spiro atoms. The van der Waals surface area contributed by atoms with Gasteiger partial charge in [-0.25, -0.2) is 9.97 Å². The van der Waals surface area contributed by atoms with E-state index < -0.39 is 0 Å². The number of aromatic nitrogens is 2. The molecule has 4 nitrogen and oxygen atoms in total. The lowest BCUT2D eigenvalue weighted by Gasteiger charge is -2.23. The Labute approximate surface area is 114 Å². The van der Waals surface area contributed by atoms with E-state index in [1.165, 1.54) is 17.7 Å². The first-order valence-electron chi connectivity index (χ1n) is 5.38. The van der Waals surface area contributed by atoms with Crippen molar-refractivity contribution in [2.45, 2.75) is 13.0 Å². The van der Waals surface area contributed by atoms with Crippen molar-refractivity contribution < 1.29 is 4.79 Å². The molecule has 0 bridgehead atoms. The number of carbonyl (C=O) groups is 1. The Morgan fingerprint density at radius 3 is 2.78 bits per heavy atom. The number of rotatable bonds is 3. The van der Waals surface area contributed by atoms with Crippen molar-refractivity contribution in [1.29, 1.82) is 0 Å². The first kappa shape index (κ1) is 13.0. The lowest BCUT2D eigenvalue weighted by atomic mass is 10.2. The van der Waals surface area contributed by atoms with Crippen molar-refractivity contribution >= 4 is 28.8 Å². The fourth-order valence-corrected chi connectivity index (χ4v) is 2.55. The monoisotopic (exact) mass is 281 g/mol. The van der Waals surface area contributed by atoms with E-state index >= 15 is 0 Å². The lowest BCUT2D eigenvalue weighted by Crippen LogP contribution is -2.29. The van der Waals surface area contributed by atoms with E-state index in [-0.39, 0.29) is 11.9 Å². The maximum atomic E-state index is 12.2. The summed E-state index contributed by atoms with van der Waals surface area (Å²) in [7, 11) is 1.75. The summed E-state index contributed by atoms with van der Waals surface area (Å²) < 4.78 is 0.612. The van der Waals surface area contributed by atoms with E-state index in [2.05, 4.69) is 9.97 Å². The average molecular weight is 282 g/mol. The number of thiophene rings is 1. The van der Waals surface area contributed by atoms with Gasteiger partial charge in [0.25, 0.3) is 5.91 Å². The maximum absolute atomic E-state index is 12.2. The van der Waals surface area contributed by atoms with Gasteiger partial charge in [-0.1, -0.05) is 11.6 Å². The van der Waals surface area contributed by atoms with Crippen LogP contribution in [-0.4, -0.2) is 27.8 Å². The van der Waals surface area contributed by atoms with Crippen LogP contribution >= 0.6 is 22.9 Å². The first-order chi connectivity index (χ1) is 8.59. The molecule has 1 amide bonds. The minimum Gasteiger partial charge on any atom is -0.333 e. The predicted molar refractivity (Wildman–Crippen MR) is 71.9 cm³/mol. The molecule has 0 aromatic carbocycles. The summed E-state index contributed by atoms with van der Waals surface area (Å²) in [4.78, 5) is 22.5. The molecule has 2 heterocycles. The minimum atomic E-state index is -0.110. The summed E-state index contributed by atoms with van der Waals surface area (Å²) in [5.41, 5.74) is 0.809. The van der Waals surface area contributed by atoms with Gasteiger partial charge in [0.15, 0.2) is 0 Å². The van der Waals surface area contributed by atoms with Crippen molar-refractivity contribution in [3.8, 4) is 0 Å². The summed E-state index contributed by atoms with van der Waals surface area (Å²) >= 11 is 7.11. The van der Waals surface area contributed by atoms with Crippen LogP contribution in [0.1, 0.15) is 28.3 Å². The van der Waals surface area contributed by atoms with Crippen LogP contribution in [0.3, 0.4) is 0 Å². The van der Waals surface area contributed by atoms with E-state index in [0.717, 1.165) is 5.69 Å². The van der Waals surface area contributed by atoms with Gasteiger partial charge in [-0.3, -0.25) is 4.79 Å². The maximum Gasteiger partial charge on any atom is 0.264 e.